The fraction of sp³-hybridized carbons (Fsp3) is 0.778. The molecular formula is C18H31NO4. The van der Waals surface area contributed by atoms with Crippen molar-refractivity contribution in [1.82, 2.24) is 5.32 Å². The van der Waals surface area contributed by atoms with Crippen molar-refractivity contribution in [2.75, 3.05) is 13.2 Å². The van der Waals surface area contributed by atoms with Gasteiger partial charge in [-0.15, -0.1) is 6.58 Å². The van der Waals surface area contributed by atoms with Crippen LogP contribution < -0.4 is 5.32 Å². The van der Waals surface area contributed by atoms with Gasteiger partial charge in [0.05, 0.1) is 13.2 Å². The molecule has 0 saturated heterocycles. The minimum Gasteiger partial charge on any atom is -0.464 e. The summed E-state index contributed by atoms with van der Waals surface area (Å²) in [5, 5.41) is 2.74. The van der Waals surface area contributed by atoms with Gasteiger partial charge in [0.15, 0.2) is 0 Å². The number of amides is 1. The topological polar surface area (TPSA) is 64.6 Å². The fourth-order valence-electron chi connectivity index (χ4n) is 2.83. The zero-order valence-electron chi connectivity index (χ0n) is 14.4. The molecule has 0 radical (unpaired) electrons. The number of unbranched alkanes of at least 4 members (excludes halogenated alkanes) is 4. The van der Waals surface area contributed by atoms with Crippen molar-refractivity contribution < 1.29 is 19.1 Å². The van der Waals surface area contributed by atoms with Crippen LogP contribution in [0.5, 0.6) is 0 Å². The van der Waals surface area contributed by atoms with Gasteiger partial charge in [-0.1, -0.05) is 51.5 Å². The SMILES string of the molecule is C=CCCOC(=O)NC1(C(=O)OCCCCCCC)CCCC1. The molecule has 0 aromatic carbocycles. The second-order valence-electron chi connectivity index (χ2n) is 6.18. The van der Waals surface area contributed by atoms with E-state index in [0.29, 0.717) is 25.9 Å². The number of hydrogen-bond acceptors (Lipinski definition) is 4. The van der Waals surface area contributed by atoms with Crippen molar-refractivity contribution in [1.29, 1.82) is 0 Å². The minimum atomic E-state index is -0.894. The van der Waals surface area contributed by atoms with Crippen molar-refractivity contribution in [2.24, 2.45) is 0 Å². The molecule has 0 bridgehead atoms. The molecule has 1 fully saturated rings. The Morgan fingerprint density at radius 1 is 1.09 bits per heavy atom. The first kappa shape index (κ1) is 19.5. The van der Waals surface area contributed by atoms with Crippen LogP contribution in [0.4, 0.5) is 4.79 Å². The number of carbonyl (C=O) groups excluding carboxylic acids is 2. The van der Waals surface area contributed by atoms with E-state index in [9.17, 15) is 9.59 Å². The fourth-order valence-corrected chi connectivity index (χ4v) is 2.83. The van der Waals surface area contributed by atoms with Crippen LogP contribution in [0.3, 0.4) is 0 Å². The Labute approximate surface area is 139 Å². The Kier molecular flexibility index (Phi) is 9.41. The van der Waals surface area contributed by atoms with Gasteiger partial charge in [-0.2, -0.15) is 0 Å². The number of nitrogens with one attached hydrogen (secondary N) is 1. The highest BCUT2D eigenvalue weighted by molar-refractivity contribution is 5.86. The van der Waals surface area contributed by atoms with E-state index >= 15 is 0 Å². The highest BCUT2D eigenvalue weighted by Gasteiger charge is 2.44. The van der Waals surface area contributed by atoms with Crippen LogP contribution in [0.2, 0.25) is 0 Å². The zero-order valence-corrected chi connectivity index (χ0v) is 14.4. The third kappa shape index (κ3) is 7.06. The summed E-state index contributed by atoms with van der Waals surface area (Å²) >= 11 is 0. The number of alkyl carbamates (subject to hydrolysis) is 1. The highest BCUT2D eigenvalue weighted by atomic mass is 16.6. The number of ether oxygens (including phenoxy) is 2. The monoisotopic (exact) mass is 325 g/mol. The van der Waals surface area contributed by atoms with E-state index in [2.05, 4.69) is 18.8 Å². The van der Waals surface area contributed by atoms with E-state index in [4.69, 9.17) is 9.47 Å². The Bertz CT molecular complexity index is 375. The smallest absolute Gasteiger partial charge is 0.408 e. The van der Waals surface area contributed by atoms with Crippen molar-refractivity contribution in [3.05, 3.63) is 12.7 Å². The van der Waals surface area contributed by atoms with Gasteiger partial charge in [-0.25, -0.2) is 9.59 Å². The van der Waals surface area contributed by atoms with Crippen LogP contribution in [-0.4, -0.2) is 30.8 Å². The number of carbonyl (C=O) groups is 2. The van der Waals surface area contributed by atoms with Gasteiger partial charge in [0.25, 0.3) is 0 Å². The Morgan fingerprint density at radius 3 is 2.43 bits per heavy atom. The highest BCUT2D eigenvalue weighted by Crippen LogP contribution is 2.31. The lowest BCUT2D eigenvalue weighted by molar-refractivity contribution is -0.151. The van der Waals surface area contributed by atoms with Crippen LogP contribution in [0, 0.1) is 0 Å². The van der Waals surface area contributed by atoms with Gasteiger partial charge < -0.3 is 14.8 Å². The maximum Gasteiger partial charge on any atom is 0.408 e. The summed E-state index contributed by atoms with van der Waals surface area (Å²) < 4.78 is 10.5. The standard InChI is InChI=1S/C18H31NO4/c1-3-5-7-8-11-15-22-16(20)18(12-9-10-13-18)19-17(21)23-14-6-4-2/h4H,2-3,5-15H2,1H3,(H,19,21). The number of hydrogen-bond donors (Lipinski definition) is 1. The second-order valence-corrected chi connectivity index (χ2v) is 6.18. The summed E-state index contributed by atoms with van der Waals surface area (Å²) in [7, 11) is 0. The molecule has 0 unspecified atom stereocenters. The maximum atomic E-state index is 12.4. The van der Waals surface area contributed by atoms with E-state index in [1.165, 1.54) is 19.3 Å². The molecule has 0 heterocycles. The van der Waals surface area contributed by atoms with Crippen molar-refractivity contribution in [3.8, 4) is 0 Å². The van der Waals surface area contributed by atoms with E-state index in [-0.39, 0.29) is 12.6 Å². The molecule has 23 heavy (non-hydrogen) atoms. The normalized spacial score (nSPS) is 15.9. The molecule has 1 aliphatic carbocycles. The molecule has 5 heteroatoms. The molecule has 1 rings (SSSR count). The molecule has 1 aliphatic rings. The first-order chi connectivity index (χ1) is 11.1. The van der Waals surface area contributed by atoms with E-state index in [1.54, 1.807) is 6.08 Å². The Hall–Kier alpha value is -1.52. The number of esters is 1. The summed E-state index contributed by atoms with van der Waals surface area (Å²) in [4.78, 5) is 24.3. The van der Waals surface area contributed by atoms with Crippen LogP contribution in [0.25, 0.3) is 0 Å². The minimum absolute atomic E-state index is 0.276. The first-order valence-electron chi connectivity index (χ1n) is 8.87. The Morgan fingerprint density at radius 2 is 1.78 bits per heavy atom. The van der Waals surface area contributed by atoms with Crippen molar-refractivity contribution in [3.63, 3.8) is 0 Å². The predicted octanol–water partition coefficient (Wildman–Crippen LogP) is 4.12. The van der Waals surface area contributed by atoms with Gasteiger partial charge in [0, 0.05) is 0 Å². The summed E-state index contributed by atoms with van der Waals surface area (Å²) in [6.07, 6.45) is 10.4. The van der Waals surface area contributed by atoms with Crippen molar-refractivity contribution in [2.45, 2.75) is 76.7 Å². The van der Waals surface area contributed by atoms with Gasteiger partial charge in [-0.05, 0) is 25.7 Å². The molecule has 132 valence electrons. The molecule has 0 atom stereocenters. The molecule has 0 aromatic heterocycles. The van der Waals surface area contributed by atoms with Crippen LogP contribution >= 0.6 is 0 Å². The largest absolute Gasteiger partial charge is 0.464 e. The third-order valence-corrected chi connectivity index (χ3v) is 4.23. The molecule has 5 nitrogen and oxygen atoms in total. The molecule has 1 amide bonds. The van der Waals surface area contributed by atoms with Crippen LogP contribution in [-0.2, 0) is 14.3 Å². The van der Waals surface area contributed by atoms with E-state index in [0.717, 1.165) is 25.7 Å². The maximum absolute atomic E-state index is 12.4. The van der Waals surface area contributed by atoms with Crippen molar-refractivity contribution >= 4 is 12.1 Å². The molecule has 1 saturated carbocycles. The number of rotatable bonds is 11. The summed E-state index contributed by atoms with van der Waals surface area (Å²) in [6, 6.07) is 0. The molecule has 0 aromatic rings. The zero-order chi connectivity index (χ0) is 17.0. The van der Waals surface area contributed by atoms with Crippen LogP contribution in [0.1, 0.15) is 71.1 Å². The summed E-state index contributed by atoms with van der Waals surface area (Å²) in [5.41, 5.74) is -0.894. The molecular weight excluding hydrogens is 294 g/mol. The van der Waals surface area contributed by atoms with Gasteiger partial charge in [-0.3, -0.25) is 0 Å². The Balaban J connectivity index is 2.37. The lowest BCUT2D eigenvalue weighted by atomic mass is 9.98. The quantitative estimate of drug-likeness (QED) is 0.353. The average Bonchev–Trinajstić information content (AvgIpc) is 3.00. The average molecular weight is 325 g/mol. The first-order valence-corrected chi connectivity index (χ1v) is 8.87. The lowest BCUT2D eigenvalue weighted by Crippen LogP contribution is -2.53. The predicted molar refractivity (Wildman–Crippen MR) is 90.2 cm³/mol. The van der Waals surface area contributed by atoms with E-state index < -0.39 is 11.6 Å². The molecule has 1 N–H and O–H groups in total. The van der Waals surface area contributed by atoms with E-state index in [1.807, 2.05) is 0 Å². The second kappa shape index (κ2) is 11.1. The van der Waals surface area contributed by atoms with Gasteiger partial charge in [0.1, 0.15) is 5.54 Å². The summed E-state index contributed by atoms with van der Waals surface area (Å²) in [5.74, 6) is -0.314. The molecule has 0 aliphatic heterocycles. The molecule has 0 spiro atoms. The third-order valence-electron chi connectivity index (χ3n) is 4.23. The van der Waals surface area contributed by atoms with Gasteiger partial charge >= 0.3 is 12.1 Å². The lowest BCUT2D eigenvalue weighted by Gasteiger charge is -2.27. The van der Waals surface area contributed by atoms with Crippen LogP contribution in [0.15, 0.2) is 12.7 Å². The van der Waals surface area contributed by atoms with Gasteiger partial charge in [0.2, 0.25) is 0 Å². The summed E-state index contributed by atoms with van der Waals surface area (Å²) in [6.45, 7) is 6.45.